The molecule has 0 fully saturated rings. The second-order valence-corrected chi connectivity index (χ2v) is 8.06. The molecule has 1 aromatic heterocycles. The average molecular weight is 453 g/mol. The maximum absolute atomic E-state index is 12.5. The smallest absolute Gasteiger partial charge is 0.341 e. The van der Waals surface area contributed by atoms with Crippen LogP contribution in [0.1, 0.15) is 27.6 Å². The second-order valence-electron chi connectivity index (χ2n) is 7.01. The summed E-state index contributed by atoms with van der Waals surface area (Å²) in [7, 11) is 3.73. The number of esters is 2. The lowest BCUT2D eigenvalue weighted by Crippen LogP contribution is -2.21. The number of ether oxygens (including phenoxy) is 2. The van der Waals surface area contributed by atoms with Gasteiger partial charge in [0, 0.05) is 24.7 Å². The molecular weight excluding hydrogens is 428 g/mol. The van der Waals surface area contributed by atoms with Crippen LogP contribution in [0.3, 0.4) is 0 Å². The Balaban J connectivity index is 1.71. The van der Waals surface area contributed by atoms with Crippen LogP contribution >= 0.6 is 11.3 Å². The van der Waals surface area contributed by atoms with Gasteiger partial charge in [-0.15, -0.1) is 11.3 Å². The number of nitrogens with zero attached hydrogens (tertiary/aromatic N) is 1. The molecule has 0 atom stereocenters. The number of hydrogen-bond donors (Lipinski definition) is 1. The quantitative estimate of drug-likeness (QED) is 0.508. The van der Waals surface area contributed by atoms with Gasteiger partial charge in [-0.25, -0.2) is 9.59 Å². The van der Waals surface area contributed by atoms with Gasteiger partial charge in [-0.1, -0.05) is 36.4 Å². The summed E-state index contributed by atoms with van der Waals surface area (Å²) < 4.78 is 10.3. The van der Waals surface area contributed by atoms with E-state index in [1.165, 1.54) is 11.3 Å². The van der Waals surface area contributed by atoms with Crippen LogP contribution in [0.25, 0.3) is 10.4 Å². The van der Waals surface area contributed by atoms with Crippen molar-refractivity contribution in [1.82, 2.24) is 0 Å². The average Bonchev–Trinajstić information content (AvgIpc) is 3.22. The Kier molecular flexibility index (Phi) is 7.62. The second kappa shape index (κ2) is 10.6. The first-order valence-electron chi connectivity index (χ1n) is 9.99. The number of carbonyl (C=O) groups is 3. The molecule has 0 aliphatic rings. The van der Waals surface area contributed by atoms with Gasteiger partial charge >= 0.3 is 11.9 Å². The molecule has 1 N–H and O–H groups in total. The van der Waals surface area contributed by atoms with Crippen LogP contribution in [0, 0.1) is 0 Å². The van der Waals surface area contributed by atoms with Crippen LogP contribution in [-0.2, 0) is 14.3 Å². The van der Waals surface area contributed by atoms with Gasteiger partial charge in [-0.2, -0.15) is 0 Å². The third kappa shape index (κ3) is 5.73. The standard InChI is InChI=1S/C24H24N2O5S/c1-4-30-24(29)19-14-20(16-9-6-5-7-10-16)32-22(19)25-21(27)15-31-23(28)17-11-8-12-18(13-17)26(2)3/h5-14H,4,15H2,1-3H3,(H,25,27). The van der Waals surface area contributed by atoms with Crippen LogP contribution in [0.15, 0.2) is 60.7 Å². The molecule has 0 aliphatic heterocycles. The van der Waals surface area contributed by atoms with Gasteiger partial charge in [0.05, 0.1) is 17.7 Å². The monoisotopic (exact) mass is 452 g/mol. The minimum atomic E-state index is -0.606. The molecule has 0 radical (unpaired) electrons. The molecule has 166 valence electrons. The number of amides is 1. The lowest BCUT2D eigenvalue weighted by Gasteiger charge is -2.13. The van der Waals surface area contributed by atoms with Crippen LogP contribution in [0.5, 0.6) is 0 Å². The Morgan fingerprint density at radius 2 is 1.69 bits per heavy atom. The Labute approximate surface area is 190 Å². The summed E-state index contributed by atoms with van der Waals surface area (Å²) >= 11 is 1.25. The fourth-order valence-electron chi connectivity index (χ4n) is 2.88. The molecule has 2 aromatic carbocycles. The van der Waals surface area contributed by atoms with Gasteiger partial charge in [0.1, 0.15) is 5.00 Å². The zero-order valence-electron chi connectivity index (χ0n) is 18.1. The van der Waals surface area contributed by atoms with E-state index in [-0.39, 0.29) is 12.2 Å². The Bertz CT molecular complexity index is 1110. The van der Waals surface area contributed by atoms with Gasteiger partial charge in [0.2, 0.25) is 0 Å². The van der Waals surface area contributed by atoms with Crippen molar-refractivity contribution in [2.75, 3.05) is 37.5 Å². The highest BCUT2D eigenvalue weighted by Crippen LogP contribution is 2.35. The van der Waals surface area contributed by atoms with Crippen molar-refractivity contribution < 1.29 is 23.9 Å². The van der Waals surface area contributed by atoms with Gasteiger partial charge in [-0.3, -0.25) is 4.79 Å². The zero-order chi connectivity index (χ0) is 23.1. The van der Waals surface area contributed by atoms with Crippen LogP contribution in [-0.4, -0.2) is 45.2 Å². The SMILES string of the molecule is CCOC(=O)c1cc(-c2ccccc2)sc1NC(=O)COC(=O)c1cccc(N(C)C)c1. The van der Waals surface area contributed by atoms with Gasteiger partial charge in [0.15, 0.2) is 6.61 Å². The van der Waals surface area contributed by atoms with Crippen molar-refractivity contribution >= 4 is 39.9 Å². The van der Waals surface area contributed by atoms with Crippen molar-refractivity contribution in [2.24, 2.45) is 0 Å². The normalized spacial score (nSPS) is 10.3. The molecule has 3 rings (SSSR count). The summed E-state index contributed by atoms with van der Waals surface area (Å²) in [5, 5.41) is 3.02. The third-order valence-corrected chi connectivity index (χ3v) is 5.57. The first-order chi connectivity index (χ1) is 15.4. The van der Waals surface area contributed by atoms with E-state index < -0.39 is 24.5 Å². The highest BCUT2D eigenvalue weighted by atomic mass is 32.1. The number of thiophene rings is 1. The molecule has 0 bridgehead atoms. The van der Waals surface area contributed by atoms with E-state index in [2.05, 4.69) is 5.32 Å². The number of carbonyl (C=O) groups excluding carboxylic acids is 3. The molecule has 3 aromatic rings. The number of benzene rings is 2. The maximum Gasteiger partial charge on any atom is 0.341 e. The Morgan fingerprint density at radius 1 is 0.938 bits per heavy atom. The molecule has 0 spiro atoms. The highest BCUT2D eigenvalue weighted by molar-refractivity contribution is 7.20. The molecular formula is C24H24N2O5S. The molecule has 0 aliphatic carbocycles. The van der Waals surface area contributed by atoms with Gasteiger partial charge in [-0.05, 0) is 36.8 Å². The van der Waals surface area contributed by atoms with E-state index in [0.29, 0.717) is 10.6 Å². The molecule has 1 heterocycles. The summed E-state index contributed by atoms with van der Waals surface area (Å²) in [6.07, 6.45) is 0. The van der Waals surface area contributed by atoms with E-state index in [0.717, 1.165) is 16.1 Å². The van der Waals surface area contributed by atoms with Crippen molar-refractivity contribution in [2.45, 2.75) is 6.92 Å². The Hall–Kier alpha value is -3.65. The van der Waals surface area contributed by atoms with E-state index in [4.69, 9.17) is 9.47 Å². The summed E-state index contributed by atoms with van der Waals surface area (Å²) in [5.41, 5.74) is 2.36. The van der Waals surface area contributed by atoms with E-state index in [1.807, 2.05) is 55.4 Å². The Morgan fingerprint density at radius 3 is 2.38 bits per heavy atom. The van der Waals surface area contributed by atoms with E-state index >= 15 is 0 Å². The molecule has 8 heteroatoms. The third-order valence-electron chi connectivity index (χ3n) is 4.47. The minimum Gasteiger partial charge on any atom is -0.462 e. The van der Waals surface area contributed by atoms with Crippen LogP contribution in [0.4, 0.5) is 10.7 Å². The summed E-state index contributed by atoms with van der Waals surface area (Å²) in [6, 6.07) is 18.1. The number of anilines is 2. The molecule has 0 unspecified atom stereocenters. The molecule has 1 amide bonds. The number of rotatable bonds is 8. The fourth-order valence-corrected chi connectivity index (χ4v) is 3.94. The van der Waals surface area contributed by atoms with Gasteiger partial charge < -0.3 is 19.7 Å². The van der Waals surface area contributed by atoms with Crippen molar-refractivity contribution in [3.05, 3.63) is 71.8 Å². The lowest BCUT2D eigenvalue weighted by atomic mass is 10.1. The van der Waals surface area contributed by atoms with Crippen molar-refractivity contribution in [3.8, 4) is 10.4 Å². The molecule has 0 saturated heterocycles. The minimum absolute atomic E-state index is 0.215. The molecule has 0 saturated carbocycles. The predicted molar refractivity (Wildman–Crippen MR) is 125 cm³/mol. The lowest BCUT2D eigenvalue weighted by molar-refractivity contribution is -0.119. The zero-order valence-corrected chi connectivity index (χ0v) is 18.9. The summed E-state index contributed by atoms with van der Waals surface area (Å²) in [6.45, 7) is 1.45. The predicted octanol–water partition coefficient (Wildman–Crippen LogP) is 4.45. The van der Waals surface area contributed by atoms with E-state index in [1.54, 1.807) is 31.2 Å². The molecule has 32 heavy (non-hydrogen) atoms. The first kappa shape index (κ1) is 23.0. The van der Waals surface area contributed by atoms with Crippen LogP contribution < -0.4 is 10.2 Å². The largest absolute Gasteiger partial charge is 0.462 e. The summed E-state index contributed by atoms with van der Waals surface area (Å²) in [5.74, 6) is -1.68. The topological polar surface area (TPSA) is 84.9 Å². The van der Waals surface area contributed by atoms with E-state index in [9.17, 15) is 14.4 Å². The highest BCUT2D eigenvalue weighted by Gasteiger charge is 2.20. The summed E-state index contributed by atoms with van der Waals surface area (Å²) in [4.78, 5) is 39.8. The van der Waals surface area contributed by atoms with Crippen molar-refractivity contribution in [3.63, 3.8) is 0 Å². The molecule has 7 nitrogen and oxygen atoms in total. The van der Waals surface area contributed by atoms with Gasteiger partial charge in [0.25, 0.3) is 5.91 Å². The number of nitrogens with one attached hydrogen (secondary N) is 1. The van der Waals surface area contributed by atoms with Crippen molar-refractivity contribution in [1.29, 1.82) is 0 Å². The maximum atomic E-state index is 12.5. The number of hydrogen-bond acceptors (Lipinski definition) is 7. The first-order valence-corrected chi connectivity index (χ1v) is 10.8. The fraction of sp³-hybridized carbons (Fsp3) is 0.208. The van der Waals surface area contributed by atoms with Crippen LogP contribution in [0.2, 0.25) is 0 Å².